The summed E-state index contributed by atoms with van der Waals surface area (Å²) >= 11 is 0. The number of hydrogen-bond acceptors (Lipinski definition) is 3. The third kappa shape index (κ3) is 2.67. The van der Waals surface area contributed by atoms with Crippen molar-refractivity contribution < 1.29 is 0 Å². The van der Waals surface area contributed by atoms with Crippen LogP contribution < -0.4 is 5.73 Å². The lowest BCUT2D eigenvalue weighted by molar-refractivity contribution is 0.395. The number of imidazole rings is 1. The number of nitrogens with zero attached hydrogens (tertiary/aromatic N) is 4. The van der Waals surface area contributed by atoms with E-state index in [9.17, 15) is 0 Å². The first-order valence-corrected chi connectivity index (χ1v) is 7.79. The molecule has 20 heavy (non-hydrogen) atoms. The van der Waals surface area contributed by atoms with Crippen LogP contribution in [0, 0.1) is 5.92 Å². The molecule has 2 rings (SSSR count). The molecule has 2 heterocycles. The largest absolute Gasteiger partial charge is 0.369 e. The smallest absolute Gasteiger partial charge is 0.202 e. The Bertz CT molecular complexity index is 566. The van der Waals surface area contributed by atoms with Crippen LogP contribution in [-0.4, -0.2) is 19.3 Å². The number of nitrogen functional groups attached to an aromatic ring is 1. The van der Waals surface area contributed by atoms with E-state index in [2.05, 4.69) is 35.4 Å². The van der Waals surface area contributed by atoms with Gasteiger partial charge < -0.3 is 5.73 Å². The third-order valence-corrected chi connectivity index (χ3v) is 4.14. The fourth-order valence-electron chi connectivity index (χ4n) is 2.85. The van der Waals surface area contributed by atoms with Crippen LogP contribution in [-0.2, 0) is 20.0 Å². The summed E-state index contributed by atoms with van der Waals surface area (Å²) in [6.45, 7) is 7.55. The zero-order chi connectivity index (χ0) is 14.7. The molecule has 5 heteroatoms. The first-order valence-electron chi connectivity index (χ1n) is 7.79. The van der Waals surface area contributed by atoms with E-state index in [0.717, 1.165) is 29.8 Å². The fourth-order valence-corrected chi connectivity index (χ4v) is 2.85. The Morgan fingerprint density at radius 3 is 2.60 bits per heavy atom. The van der Waals surface area contributed by atoms with Crippen LogP contribution in [0.15, 0.2) is 0 Å². The maximum Gasteiger partial charge on any atom is 0.202 e. The molecular formula is C15H27N5. The number of nitrogens with two attached hydrogens (primary N) is 1. The Hall–Kier alpha value is -1.52. The van der Waals surface area contributed by atoms with Gasteiger partial charge in [0.05, 0.1) is 5.69 Å². The van der Waals surface area contributed by atoms with Crippen molar-refractivity contribution in [3.63, 3.8) is 0 Å². The van der Waals surface area contributed by atoms with Crippen LogP contribution in [0.2, 0.25) is 0 Å². The van der Waals surface area contributed by atoms with Crippen LogP contribution in [0.4, 0.5) is 5.95 Å². The first-order chi connectivity index (χ1) is 9.62. The molecule has 2 aromatic rings. The second-order valence-electron chi connectivity index (χ2n) is 5.59. The standard InChI is InChI=1S/C15H27N5/c1-5-8-9-11(6-2)10-20-14-13(17-15(20)16)12(7-3)18-19(14)4/h11H,5-10H2,1-4H3,(H2,16,17). The van der Waals surface area contributed by atoms with Crippen molar-refractivity contribution in [2.45, 2.75) is 59.4 Å². The molecule has 0 saturated heterocycles. The Labute approximate surface area is 121 Å². The summed E-state index contributed by atoms with van der Waals surface area (Å²) in [5.74, 6) is 1.28. The molecule has 0 aliphatic rings. The van der Waals surface area contributed by atoms with E-state index >= 15 is 0 Å². The summed E-state index contributed by atoms with van der Waals surface area (Å²) in [5, 5.41) is 4.54. The highest BCUT2D eigenvalue weighted by Crippen LogP contribution is 2.24. The molecule has 2 aromatic heterocycles. The van der Waals surface area contributed by atoms with Crippen molar-refractivity contribution in [2.24, 2.45) is 13.0 Å². The molecule has 112 valence electrons. The van der Waals surface area contributed by atoms with Crippen molar-refractivity contribution in [3.8, 4) is 0 Å². The van der Waals surface area contributed by atoms with Crippen molar-refractivity contribution >= 4 is 17.1 Å². The zero-order valence-electron chi connectivity index (χ0n) is 13.2. The summed E-state index contributed by atoms with van der Waals surface area (Å²) in [6, 6.07) is 0. The number of hydrogen-bond donors (Lipinski definition) is 1. The number of aromatic nitrogens is 4. The SMILES string of the molecule is CCCCC(CC)Cn1c(N)nc2c(CC)nn(C)c21. The van der Waals surface area contributed by atoms with E-state index in [-0.39, 0.29) is 0 Å². The lowest BCUT2D eigenvalue weighted by Gasteiger charge is -2.16. The van der Waals surface area contributed by atoms with E-state index in [1.807, 2.05) is 11.7 Å². The average molecular weight is 277 g/mol. The highest BCUT2D eigenvalue weighted by atomic mass is 15.3. The van der Waals surface area contributed by atoms with Gasteiger partial charge in [0.25, 0.3) is 0 Å². The number of rotatable bonds is 7. The molecule has 0 amide bonds. The van der Waals surface area contributed by atoms with Gasteiger partial charge in [0, 0.05) is 13.6 Å². The molecule has 0 saturated carbocycles. The summed E-state index contributed by atoms with van der Waals surface area (Å²) in [7, 11) is 1.98. The van der Waals surface area contributed by atoms with Crippen molar-refractivity contribution in [1.82, 2.24) is 19.3 Å². The second kappa shape index (κ2) is 6.29. The van der Waals surface area contributed by atoms with Crippen molar-refractivity contribution in [1.29, 1.82) is 0 Å². The van der Waals surface area contributed by atoms with Crippen LogP contribution >= 0.6 is 0 Å². The van der Waals surface area contributed by atoms with Gasteiger partial charge in [-0.25, -0.2) is 4.98 Å². The van der Waals surface area contributed by atoms with Crippen molar-refractivity contribution in [3.05, 3.63) is 5.69 Å². The Morgan fingerprint density at radius 2 is 2.00 bits per heavy atom. The summed E-state index contributed by atoms with van der Waals surface area (Å²) < 4.78 is 4.06. The van der Waals surface area contributed by atoms with Crippen LogP contribution in [0.3, 0.4) is 0 Å². The predicted molar refractivity (Wildman–Crippen MR) is 83.6 cm³/mol. The highest BCUT2D eigenvalue weighted by molar-refractivity contribution is 5.77. The molecule has 1 unspecified atom stereocenters. The van der Waals surface area contributed by atoms with Gasteiger partial charge in [0.2, 0.25) is 5.95 Å². The second-order valence-corrected chi connectivity index (χ2v) is 5.59. The lowest BCUT2D eigenvalue weighted by Crippen LogP contribution is -2.14. The van der Waals surface area contributed by atoms with E-state index in [1.54, 1.807) is 0 Å². The van der Waals surface area contributed by atoms with Crippen molar-refractivity contribution in [2.75, 3.05) is 5.73 Å². The third-order valence-electron chi connectivity index (χ3n) is 4.14. The minimum absolute atomic E-state index is 0.623. The quantitative estimate of drug-likeness (QED) is 0.845. The molecule has 5 nitrogen and oxygen atoms in total. The summed E-state index contributed by atoms with van der Waals surface area (Å²) in [5.41, 5.74) is 9.20. The predicted octanol–water partition coefficient (Wildman–Crippen LogP) is 3.13. The number of unbranched alkanes of at least 4 members (excludes halogenated alkanes) is 1. The summed E-state index contributed by atoms with van der Waals surface area (Å²) in [4.78, 5) is 4.53. The van der Waals surface area contributed by atoms with E-state index < -0.39 is 0 Å². The molecule has 0 aromatic carbocycles. The molecular weight excluding hydrogens is 250 g/mol. The normalized spacial score (nSPS) is 13.2. The molecule has 0 aliphatic heterocycles. The van der Waals surface area contributed by atoms with Crippen LogP contribution in [0.1, 0.15) is 52.1 Å². The highest BCUT2D eigenvalue weighted by Gasteiger charge is 2.19. The van der Waals surface area contributed by atoms with Crippen LogP contribution in [0.5, 0.6) is 0 Å². The number of fused-ring (bicyclic) bond motifs is 1. The molecule has 0 aliphatic carbocycles. The maximum atomic E-state index is 6.13. The first kappa shape index (κ1) is 14.9. The number of anilines is 1. The summed E-state index contributed by atoms with van der Waals surface area (Å²) in [6.07, 6.45) is 5.85. The monoisotopic (exact) mass is 277 g/mol. The fraction of sp³-hybridized carbons (Fsp3) is 0.733. The zero-order valence-corrected chi connectivity index (χ0v) is 13.2. The van der Waals surface area contributed by atoms with E-state index in [0.29, 0.717) is 11.9 Å². The molecule has 1 atom stereocenters. The van der Waals surface area contributed by atoms with Crippen LogP contribution in [0.25, 0.3) is 11.2 Å². The molecule has 0 bridgehead atoms. The van der Waals surface area contributed by atoms with Gasteiger partial charge in [-0.2, -0.15) is 5.10 Å². The molecule has 0 fully saturated rings. The molecule has 2 N–H and O–H groups in total. The van der Waals surface area contributed by atoms with Gasteiger partial charge in [-0.1, -0.05) is 40.0 Å². The molecule has 0 spiro atoms. The lowest BCUT2D eigenvalue weighted by atomic mass is 9.99. The topological polar surface area (TPSA) is 61.7 Å². The van der Waals surface area contributed by atoms with E-state index in [4.69, 9.17) is 5.73 Å². The Balaban J connectivity index is 2.33. The maximum absolute atomic E-state index is 6.13. The van der Waals surface area contributed by atoms with Gasteiger partial charge in [-0.3, -0.25) is 9.25 Å². The number of aryl methyl sites for hydroxylation is 2. The Kier molecular flexibility index (Phi) is 4.68. The van der Waals surface area contributed by atoms with Gasteiger partial charge in [0.15, 0.2) is 5.65 Å². The van der Waals surface area contributed by atoms with Gasteiger partial charge in [-0.15, -0.1) is 0 Å². The van der Waals surface area contributed by atoms with Gasteiger partial charge in [-0.05, 0) is 18.8 Å². The van der Waals surface area contributed by atoms with Gasteiger partial charge >= 0.3 is 0 Å². The Morgan fingerprint density at radius 1 is 1.25 bits per heavy atom. The average Bonchev–Trinajstić information content (AvgIpc) is 2.92. The van der Waals surface area contributed by atoms with Gasteiger partial charge in [0.1, 0.15) is 5.52 Å². The minimum atomic E-state index is 0.623. The minimum Gasteiger partial charge on any atom is -0.369 e. The van der Waals surface area contributed by atoms with E-state index in [1.165, 1.54) is 25.7 Å². The molecule has 0 radical (unpaired) electrons.